The Morgan fingerprint density at radius 3 is 2.71 bits per heavy atom. The molecule has 114 valence electrons. The number of carbonyl (C=O) groups is 1. The Balaban J connectivity index is 1.89. The highest BCUT2D eigenvalue weighted by Crippen LogP contribution is 2.18. The molecule has 1 aliphatic rings. The fourth-order valence-electron chi connectivity index (χ4n) is 2.60. The van der Waals surface area contributed by atoms with Gasteiger partial charge < -0.3 is 10.4 Å². The second-order valence-corrected chi connectivity index (χ2v) is 6.40. The Morgan fingerprint density at radius 2 is 2.00 bits per heavy atom. The molecule has 21 heavy (non-hydrogen) atoms. The average Bonchev–Trinajstić information content (AvgIpc) is 2.91. The third-order valence-corrected chi connectivity index (χ3v) is 4.60. The molecule has 0 atom stereocenters. The number of nitrogens with one attached hydrogen (secondary N) is 1. The van der Waals surface area contributed by atoms with E-state index in [1.54, 1.807) is 0 Å². The number of carbonyl (C=O) groups excluding carboxylic acids is 1. The van der Waals surface area contributed by atoms with Gasteiger partial charge in [0.05, 0.1) is 17.0 Å². The Hall–Kier alpha value is -1.31. The number of rotatable bonds is 3. The third kappa shape index (κ3) is 5.53. The average molecular weight is 305 g/mol. The number of thiophene rings is 1. The van der Waals surface area contributed by atoms with Crippen LogP contribution in [0.3, 0.4) is 0 Å². The van der Waals surface area contributed by atoms with E-state index in [9.17, 15) is 4.79 Å². The van der Waals surface area contributed by atoms with Crippen LogP contribution in [-0.2, 0) is 0 Å². The first-order valence-electron chi connectivity index (χ1n) is 7.78. The molecule has 2 rings (SSSR count). The van der Waals surface area contributed by atoms with Gasteiger partial charge in [0.1, 0.15) is 0 Å². The second-order valence-electron chi connectivity index (χ2n) is 5.49. The van der Waals surface area contributed by atoms with Crippen LogP contribution in [0.25, 0.3) is 0 Å². The van der Waals surface area contributed by atoms with Gasteiger partial charge in [-0.25, -0.2) is 0 Å². The minimum Gasteiger partial charge on any atom is -0.395 e. The van der Waals surface area contributed by atoms with Crippen molar-refractivity contribution in [2.45, 2.75) is 57.4 Å². The van der Waals surface area contributed by atoms with Crippen LogP contribution in [0.4, 0.5) is 0 Å². The van der Waals surface area contributed by atoms with Crippen LogP contribution >= 0.6 is 11.3 Å². The summed E-state index contributed by atoms with van der Waals surface area (Å²) in [6, 6.07) is 2.16. The van der Waals surface area contributed by atoms with Gasteiger partial charge in [0.15, 0.2) is 0 Å². The number of amides is 1. The predicted molar refractivity (Wildman–Crippen MR) is 86.5 cm³/mol. The van der Waals surface area contributed by atoms with Gasteiger partial charge >= 0.3 is 0 Å². The van der Waals surface area contributed by atoms with E-state index in [1.165, 1.54) is 43.4 Å². The van der Waals surface area contributed by atoms with Crippen LogP contribution in [-0.4, -0.2) is 23.7 Å². The van der Waals surface area contributed by atoms with E-state index in [0.29, 0.717) is 18.0 Å². The summed E-state index contributed by atoms with van der Waals surface area (Å²) in [6.07, 6.45) is 9.00. The van der Waals surface area contributed by atoms with Gasteiger partial charge in [-0.15, -0.1) is 11.3 Å². The zero-order valence-electron chi connectivity index (χ0n) is 12.4. The van der Waals surface area contributed by atoms with Crippen molar-refractivity contribution < 1.29 is 9.90 Å². The first-order valence-corrected chi connectivity index (χ1v) is 8.66. The minimum atomic E-state index is 0.0204. The van der Waals surface area contributed by atoms with Gasteiger partial charge in [-0.3, -0.25) is 4.79 Å². The van der Waals surface area contributed by atoms with E-state index >= 15 is 0 Å². The van der Waals surface area contributed by atoms with Gasteiger partial charge in [0.2, 0.25) is 0 Å². The predicted octanol–water partition coefficient (Wildman–Crippen LogP) is 3.32. The maximum absolute atomic E-state index is 12.3. The molecule has 0 radical (unpaired) electrons. The molecule has 0 spiro atoms. The van der Waals surface area contributed by atoms with Crippen molar-refractivity contribution >= 4 is 17.2 Å². The summed E-state index contributed by atoms with van der Waals surface area (Å²) in [7, 11) is 0. The summed E-state index contributed by atoms with van der Waals surface area (Å²) >= 11 is 1.48. The molecule has 0 unspecified atom stereocenters. The molecular formula is C17H23NO2S. The van der Waals surface area contributed by atoms with Crippen LogP contribution in [0.1, 0.15) is 66.6 Å². The number of aliphatic hydroxyl groups is 1. The first kappa shape index (κ1) is 16.1. The Labute approximate surface area is 130 Å². The summed E-state index contributed by atoms with van der Waals surface area (Å²) in [4.78, 5) is 13.1. The van der Waals surface area contributed by atoms with Crippen molar-refractivity contribution in [3.05, 3.63) is 21.9 Å². The lowest BCUT2D eigenvalue weighted by Crippen LogP contribution is -2.35. The lowest BCUT2D eigenvalue weighted by Gasteiger charge is -2.20. The van der Waals surface area contributed by atoms with Crippen LogP contribution < -0.4 is 5.32 Å². The van der Waals surface area contributed by atoms with Crippen LogP contribution in [0.2, 0.25) is 0 Å². The summed E-state index contributed by atoms with van der Waals surface area (Å²) in [5.74, 6) is 5.87. The topological polar surface area (TPSA) is 49.3 Å². The molecule has 4 heteroatoms. The van der Waals surface area contributed by atoms with E-state index < -0.39 is 0 Å². The molecule has 3 nitrogen and oxygen atoms in total. The molecule has 2 N–H and O–H groups in total. The molecule has 1 heterocycles. The molecule has 0 aromatic carbocycles. The molecule has 0 saturated heterocycles. The highest BCUT2D eigenvalue weighted by molar-refractivity contribution is 7.10. The SMILES string of the molecule is O=C(NC1CCCCCCC1)c1csc(C#CCCO)c1. The van der Waals surface area contributed by atoms with Crippen molar-refractivity contribution in [1.29, 1.82) is 0 Å². The molecule has 1 amide bonds. The van der Waals surface area contributed by atoms with E-state index in [2.05, 4.69) is 17.2 Å². The number of aliphatic hydroxyl groups excluding tert-OH is 1. The van der Waals surface area contributed by atoms with Crippen molar-refractivity contribution in [2.75, 3.05) is 6.61 Å². The summed E-state index contributed by atoms with van der Waals surface area (Å²) in [5.41, 5.74) is 0.704. The largest absolute Gasteiger partial charge is 0.395 e. The van der Waals surface area contributed by atoms with Crippen molar-refractivity contribution in [3.63, 3.8) is 0 Å². The Kier molecular flexibility index (Phi) is 6.78. The summed E-state index contributed by atoms with van der Waals surface area (Å²) in [5, 5.41) is 13.7. The molecule has 1 aromatic rings. The maximum Gasteiger partial charge on any atom is 0.252 e. The molecule has 1 fully saturated rings. The van der Waals surface area contributed by atoms with Crippen molar-refractivity contribution in [2.24, 2.45) is 0 Å². The maximum atomic E-state index is 12.3. The molecule has 1 aromatic heterocycles. The quantitative estimate of drug-likeness (QED) is 0.842. The van der Waals surface area contributed by atoms with Gasteiger partial charge in [-0.2, -0.15) is 0 Å². The van der Waals surface area contributed by atoms with Crippen molar-refractivity contribution in [1.82, 2.24) is 5.32 Å². The van der Waals surface area contributed by atoms with E-state index in [1.807, 2.05) is 11.4 Å². The standard InChI is InChI=1S/C17H23NO2S/c19-11-7-6-10-16-12-14(13-21-16)17(20)18-15-8-4-2-1-3-5-9-15/h12-13,15,19H,1-5,7-9,11H2,(H,18,20). The van der Waals surface area contributed by atoms with Gasteiger partial charge in [-0.1, -0.05) is 43.9 Å². The second kappa shape index (κ2) is 8.86. The number of hydrogen-bond acceptors (Lipinski definition) is 3. The van der Waals surface area contributed by atoms with E-state index in [4.69, 9.17) is 5.11 Å². The summed E-state index contributed by atoms with van der Waals surface area (Å²) in [6.45, 7) is 0.0768. The first-order chi connectivity index (χ1) is 10.3. The zero-order chi connectivity index (χ0) is 14.9. The Morgan fingerprint density at radius 1 is 1.29 bits per heavy atom. The fourth-order valence-corrected chi connectivity index (χ4v) is 3.35. The van der Waals surface area contributed by atoms with E-state index in [-0.39, 0.29) is 12.5 Å². The highest BCUT2D eigenvalue weighted by atomic mass is 32.1. The number of hydrogen-bond donors (Lipinski definition) is 2. The van der Waals surface area contributed by atoms with Gasteiger partial charge in [0, 0.05) is 17.8 Å². The zero-order valence-corrected chi connectivity index (χ0v) is 13.2. The lowest BCUT2D eigenvalue weighted by molar-refractivity contribution is 0.0931. The molecule has 1 saturated carbocycles. The van der Waals surface area contributed by atoms with Crippen molar-refractivity contribution in [3.8, 4) is 11.8 Å². The normalized spacial score (nSPS) is 16.4. The van der Waals surface area contributed by atoms with Gasteiger partial charge in [0.25, 0.3) is 5.91 Å². The van der Waals surface area contributed by atoms with Crippen LogP contribution in [0, 0.1) is 11.8 Å². The third-order valence-electron chi connectivity index (χ3n) is 3.75. The Bertz CT molecular complexity index is 504. The summed E-state index contributed by atoms with van der Waals surface area (Å²) < 4.78 is 0. The molecule has 1 aliphatic carbocycles. The fraction of sp³-hybridized carbons (Fsp3) is 0.588. The highest BCUT2D eigenvalue weighted by Gasteiger charge is 2.15. The minimum absolute atomic E-state index is 0.0204. The molecule has 0 aliphatic heterocycles. The lowest BCUT2D eigenvalue weighted by atomic mass is 9.96. The van der Waals surface area contributed by atoms with Crippen LogP contribution in [0.5, 0.6) is 0 Å². The molecule has 0 bridgehead atoms. The molecular weight excluding hydrogens is 282 g/mol. The van der Waals surface area contributed by atoms with Crippen LogP contribution in [0.15, 0.2) is 11.4 Å². The smallest absolute Gasteiger partial charge is 0.252 e. The van der Waals surface area contributed by atoms with E-state index in [0.717, 1.165) is 17.7 Å². The monoisotopic (exact) mass is 305 g/mol. The van der Waals surface area contributed by atoms with Gasteiger partial charge in [-0.05, 0) is 18.9 Å².